The zero-order valence-electron chi connectivity index (χ0n) is 7.19. The van der Waals surface area contributed by atoms with E-state index >= 15 is 0 Å². The third-order valence-corrected chi connectivity index (χ3v) is 2.70. The molecule has 0 aliphatic heterocycles. The van der Waals surface area contributed by atoms with E-state index in [9.17, 15) is 4.79 Å². The Labute approximate surface area is 81.5 Å². The van der Waals surface area contributed by atoms with Gasteiger partial charge in [0.15, 0.2) is 0 Å². The summed E-state index contributed by atoms with van der Waals surface area (Å²) in [5, 5.41) is 0. The molecule has 4 heteroatoms. The number of carbonyl (C=O) groups is 1. The van der Waals surface area contributed by atoms with E-state index in [1.807, 2.05) is 24.3 Å². The van der Waals surface area contributed by atoms with Crippen molar-refractivity contribution in [1.82, 2.24) is 0 Å². The quantitative estimate of drug-likeness (QED) is 0.697. The van der Waals surface area contributed by atoms with Crippen LogP contribution in [0.4, 0.5) is 0 Å². The Hall–Kier alpha value is -1.00. The monoisotopic (exact) mass is 196 g/mol. The molecule has 0 unspecified atom stereocenters. The van der Waals surface area contributed by atoms with Crippen LogP contribution >= 0.6 is 11.8 Å². The Morgan fingerprint density at radius 3 is 2.69 bits per heavy atom. The molecule has 4 N–H and O–H groups in total. The first-order valence-corrected chi connectivity index (χ1v) is 4.91. The van der Waals surface area contributed by atoms with Crippen LogP contribution in [0.3, 0.4) is 0 Å². The summed E-state index contributed by atoms with van der Waals surface area (Å²) >= 11 is 1.43. The number of carbonyl (C=O) groups excluding carboxylic acids is 1. The van der Waals surface area contributed by atoms with Gasteiger partial charge in [-0.25, -0.2) is 0 Å². The molecule has 1 amide bonds. The van der Waals surface area contributed by atoms with Gasteiger partial charge >= 0.3 is 0 Å². The number of benzene rings is 1. The van der Waals surface area contributed by atoms with E-state index < -0.39 is 0 Å². The molecule has 0 spiro atoms. The molecular formula is C9H12N2OS. The number of amides is 1. The second-order valence-electron chi connectivity index (χ2n) is 2.57. The largest absolute Gasteiger partial charge is 0.369 e. The fraction of sp³-hybridized carbons (Fsp3) is 0.222. The Morgan fingerprint density at radius 2 is 2.08 bits per heavy atom. The van der Waals surface area contributed by atoms with Crippen molar-refractivity contribution in [3.63, 3.8) is 0 Å². The SMILES string of the molecule is NCc1ccccc1SCC(N)=O. The molecule has 0 atom stereocenters. The Morgan fingerprint density at radius 1 is 1.38 bits per heavy atom. The zero-order valence-corrected chi connectivity index (χ0v) is 8.01. The summed E-state index contributed by atoms with van der Waals surface area (Å²) in [7, 11) is 0. The first-order chi connectivity index (χ1) is 6.24. The Kier molecular flexibility index (Phi) is 3.79. The molecule has 70 valence electrons. The number of nitrogens with two attached hydrogens (primary N) is 2. The number of primary amides is 1. The highest BCUT2D eigenvalue weighted by atomic mass is 32.2. The molecule has 0 aliphatic carbocycles. The lowest BCUT2D eigenvalue weighted by atomic mass is 10.2. The van der Waals surface area contributed by atoms with E-state index in [1.165, 1.54) is 11.8 Å². The molecule has 0 bridgehead atoms. The smallest absolute Gasteiger partial charge is 0.227 e. The van der Waals surface area contributed by atoms with E-state index in [1.54, 1.807) is 0 Å². The second-order valence-corrected chi connectivity index (χ2v) is 3.58. The average molecular weight is 196 g/mol. The van der Waals surface area contributed by atoms with E-state index in [0.29, 0.717) is 12.3 Å². The minimum atomic E-state index is -0.308. The van der Waals surface area contributed by atoms with Gasteiger partial charge in [0.2, 0.25) is 5.91 Å². The van der Waals surface area contributed by atoms with Crippen LogP contribution in [-0.2, 0) is 11.3 Å². The lowest BCUT2D eigenvalue weighted by Gasteiger charge is -2.04. The molecule has 1 rings (SSSR count). The molecule has 1 aromatic rings. The highest BCUT2D eigenvalue weighted by Gasteiger charge is 2.01. The maximum Gasteiger partial charge on any atom is 0.227 e. The number of hydrogen-bond acceptors (Lipinski definition) is 3. The van der Waals surface area contributed by atoms with Crippen molar-refractivity contribution in [2.24, 2.45) is 11.5 Å². The highest BCUT2D eigenvalue weighted by Crippen LogP contribution is 2.21. The molecular weight excluding hydrogens is 184 g/mol. The first kappa shape index (κ1) is 10.1. The third kappa shape index (κ3) is 3.08. The van der Waals surface area contributed by atoms with Crippen LogP contribution in [0.5, 0.6) is 0 Å². The molecule has 13 heavy (non-hydrogen) atoms. The van der Waals surface area contributed by atoms with Crippen molar-refractivity contribution in [3.05, 3.63) is 29.8 Å². The van der Waals surface area contributed by atoms with E-state index in [-0.39, 0.29) is 5.91 Å². The minimum Gasteiger partial charge on any atom is -0.369 e. The normalized spacial score (nSPS) is 9.92. The minimum absolute atomic E-state index is 0.303. The molecule has 0 aromatic heterocycles. The standard InChI is InChI=1S/C9H12N2OS/c10-5-7-3-1-2-4-8(7)13-6-9(11)12/h1-4H,5-6,10H2,(H2,11,12). The lowest BCUT2D eigenvalue weighted by molar-refractivity contribution is -0.115. The van der Waals surface area contributed by atoms with Gasteiger partial charge in [0.05, 0.1) is 5.75 Å². The maximum absolute atomic E-state index is 10.5. The summed E-state index contributed by atoms with van der Waals surface area (Å²) in [5.41, 5.74) is 11.6. The van der Waals surface area contributed by atoms with Crippen molar-refractivity contribution in [1.29, 1.82) is 0 Å². The molecule has 0 radical (unpaired) electrons. The van der Waals surface area contributed by atoms with Gasteiger partial charge in [0, 0.05) is 11.4 Å². The molecule has 0 aliphatic rings. The van der Waals surface area contributed by atoms with Crippen molar-refractivity contribution in [2.75, 3.05) is 5.75 Å². The highest BCUT2D eigenvalue weighted by molar-refractivity contribution is 8.00. The first-order valence-electron chi connectivity index (χ1n) is 3.93. The predicted octanol–water partition coefficient (Wildman–Crippen LogP) is 0.723. The van der Waals surface area contributed by atoms with E-state index in [2.05, 4.69) is 0 Å². The lowest BCUT2D eigenvalue weighted by Crippen LogP contribution is -2.13. The van der Waals surface area contributed by atoms with Gasteiger partial charge in [-0.1, -0.05) is 18.2 Å². The summed E-state index contributed by atoms with van der Waals surface area (Å²) < 4.78 is 0. The molecule has 3 nitrogen and oxygen atoms in total. The van der Waals surface area contributed by atoms with Crippen LogP contribution in [-0.4, -0.2) is 11.7 Å². The topological polar surface area (TPSA) is 69.1 Å². The number of hydrogen-bond donors (Lipinski definition) is 2. The number of rotatable bonds is 4. The van der Waals surface area contributed by atoms with Crippen LogP contribution in [0, 0.1) is 0 Å². The third-order valence-electron chi connectivity index (χ3n) is 1.56. The molecule has 0 saturated heterocycles. The number of thioether (sulfide) groups is 1. The van der Waals surface area contributed by atoms with Crippen LogP contribution in [0.15, 0.2) is 29.2 Å². The van der Waals surface area contributed by atoms with Gasteiger partial charge in [0.1, 0.15) is 0 Å². The summed E-state index contributed by atoms with van der Waals surface area (Å²) in [6.45, 7) is 0.488. The van der Waals surface area contributed by atoms with E-state index in [4.69, 9.17) is 11.5 Å². The summed E-state index contributed by atoms with van der Waals surface area (Å²) in [5.74, 6) is -0.00590. The fourth-order valence-corrected chi connectivity index (χ4v) is 1.77. The zero-order chi connectivity index (χ0) is 9.68. The van der Waals surface area contributed by atoms with Crippen molar-refractivity contribution in [3.8, 4) is 0 Å². The van der Waals surface area contributed by atoms with Crippen molar-refractivity contribution < 1.29 is 4.79 Å². The Balaban J connectivity index is 2.69. The molecule has 0 saturated carbocycles. The van der Waals surface area contributed by atoms with Gasteiger partial charge in [-0.15, -0.1) is 11.8 Å². The maximum atomic E-state index is 10.5. The van der Waals surface area contributed by atoms with Gasteiger partial charge in [-0.3, -0.25) is 4.79 Å². The summed E-state index contributed by atoms with van der Waals surface area (Å²) in [6, 6.07) is 7.73. The Bertz CT molecular complexity index is 301. The molecule has 0 fully saturated rings. The van der Waals surface area contributed by atoms with Crippen LogP contribution in [0.2, 0.25) is 0 Å². The van der Waals surface area contributed by atoms with E-state index in [0.717, 1.165) is 10.5 Å². The molecule has 0 heterocycles. The predicted molar refractivity (Wildman–Crippen MR) is 54.3 cm³/mol. The van der Waals surface area contributed by atoms with Gasteiger partial charge in [0.25, 0.3) is 0 Å². The van der Waals surface area contributed by atoms with Crippen LogP contribution in [0.1, 0.15) is 5.56 Å². The van der Waals surface area contributed by atoms with Gasteiger partial charge < -0.3 is 11.5 Å². The van der Waals surface area contributed by atoms with Gasteiger partial charge in [-0.05, 0) is 11.6 Å². The second kappa shape index (κ2) is 4.89. The fourth-order valence-electron chi connectivity index (χ4n) is 0.962. The van der Waals surface area contributed by atoms with Crippen molar-refractivity contribution in [2.45, 2.75) is 11.4 Å². The summed E-state index contributed by atoms with van der Waals surface area (Å²) in [6.07, 6.45) is 0. The van der Waals surface area contributed by atoms with Crippen LogP contribution in [0.25, 0.3) is 0 Å². The van der Waals surface area contributed by atoms with Gasteiger partial charge in [-0.2, -0.15) is 0 Å². The van der Waals surface area contributed by atoms with Crippen LogP contribution < -0.4 is 11.5 Å². The summed E-state index contributed by atoms with van der Waals surface area (Å²) in [4.78, 5) is 11.6. The van der Waals surface area contributed by atoms with Crippen molar-refractivity contribution >= 4 is 17.7 Å². The molecule has 1 aromatic carbocycles. The average Bonchev–Trinajstić information content (AvgIpc) is 2.15.